The summed E-state index contributed by atoms with van der Waals surface area (Å²) in [4.78, 5) is 50.6. The summed E-state index contributed by atoms with van der Waals surface area (Å²) in [5.74, 6) is -1.78. The highest BCUT2D eigenvalue weighted by molar-refractivity contribution is 6.05. The first kappa shape index (κ1) is 21.5. The molecule has 8 heteroatoms. The van der Waals surface area contributed by atoms with Crippen molar-refractivity contribution in [2.75, 3.05) is 19.0 Å². The Morgan fingerprint density at radius 3 is 2.40 bits per heavy atom. The van der Waals surface area contributed by atoms with E-state index < -0.39 is 18.0 Å². The van der Waals surface area contributed by atoms with E-state index in [2.05, 4.69) is 5.32 Å². The van der Waals surface area contributed by atoms with Crippen molar-refractivity contribution in [1.82, 2.24) is 4.90 Å². The number of carbonyl (C=O) groups excluding carboxylic acids is 4. The maximum absolute atomic E-state index is 12.4. The van der Waals surface area contributed by atoms with Crippen molar-refractivity contribution in [3.05, 3.63) is 35.9 Å². The van der Waals surface area contributed by atoms with Gasteiger partial charge in [-0.3, -0.25) is 24.1 Å². The van der Waals surface area contributed by atoms with Gasteiger partial charge < -0.3 is 14.8 Å². The molecule has 160 valence electrons. The van der Waals surface area contributed by atoms with Gasteiger partial charge in [0.2, 0.25) is 11.8 Å². The lowest BCUT2D eigenvalue weighted by Crippen LogP contribution is -2.35. The van der Waals surface area contributed by atoms with E-state index in [0.717, 1.165) is 10.5 Å². The van der Waals surface area contributed by atoms with E-state index in [1.54, 1.807) is 12.1 Å². The van der Waals surface area contributed by atoms with Gasteiger partial charge in [-0.15, -0.1) is 0 Å². The first-order valence-corrected chi connectivity index (χ1v) is 9.97. The third-order valence-electron chi connectivity index (χ3n) is 5.43. The summed E-state index contributed by atoms with van der Waals surface area (Å²) in [6.07, 6.45) is 3.72. The lowest BCUT2D eigenvalue weighted by molar-refractivity contribution is -0.154. The first-order chi connectivity index (χ1) is 14.3. The van der Waals surface area contributed by atoms with Crippen molar-refractivity contribution < 1.29 is 28.7 Å². The molecule has 0 bridgehead atoms. The normalized spacial score (nSPS) is 21.2. The van der Waals surface area contributed by atoms with Crippen molar-refractivity contribution in [2.45, 2.75) is 39.2 Å². The van der Waals surface area contributed by atoms with Gasteiger partial charge in [0.25, 0.3) is 5.91 Å². The van der Waals surface area contributed by atoms with Gasteiger partial charge in [0.15, 0.2) is 6.10 Å². The van der Waals surface area contributed by atoms with Gasteiger partial charge in [-0.25, -0.2) is 0 Å². The average Bonchev–Trinajstić information content (AvgIpc) is 2.97. The molecule has 1 aromatic rings. The Labute approximate surface area is 175 Å². The van der Waals surface area contributed by atoms with Gasteiger partial charge in [0, 0.05) is 6.54 Å². The van der Waals surface area contributed by atoms with E-state index in [1.807, 2.05) is 25.1 Å². The number of esters is 1. The zero-order valence-corrected chi connectivity index (χ0v) is 17.3. The van der Waals surface area contributed by atoms with Crippen LogP contribution in [-0.4, -0.2) is 48.3 Å². The van der Waals surface area contributed by atoms with Crippen LogP contribution in [0.3, 0.4) is 0 Å². The molecule has 3 rings (SSSR count). The molecule has 0 saturated carbocycles. The Hall–Kier alpha value is -3.16. The predicted molar refractivity (Wildman–Crippen MR) is 109 cm³/mol. The van der Waals surface area contributed by atoms with Gasteiger partial charge in [-0.1, -0.05) is 18.2 Å². The predicted octanol–water partition coefficient (Wildman–Crippen LogP) is 2.22. The van der Waals surface area contributed by atoms with Crippen LogP contribution in [0.4, 0.5) is 5.69 Å². The van der Waals surface area contributed by atoms with Crippen molar-refractivity contribution >= 4 is 29.4 Å². The average molecular weight is 414 g/mol. The van der Waals surface area contributed by atoms with Crippen molar-refractivity contribution in [3.63, 3.8) is 0 Å². The van der Waals surface area contributed by atoms with Crippen LogP contribution in [-0.2, 0) is 23.9 Å². The Kier molecular flexibility index (Phi) is 6.54. The number of ether oxygens (including phenoxy) is 2. The number of amides is 3. The third-order valence-corrected chi connectivity index (χ3v) is 5.43. The van der Waals surface area contributed by atoms with Gasteiger partial charge in [-0.05, 0) is 44.4 Å². The largest absolute Gasteiger partial charge is 0.495 e. The minimum absolute atomic E-state index is 0.0382. The number of hydrogen-bond acceptors (Lipinski definition) is 6. The Morgan fingerprint density at radius 1 is 1.17 bits per heavy atom. The number of nitrogens with zero attached hydrogens (tertiary/aromatic N) is 1. The minimum atomic E-state index is -1.04. The molecular weight excluding hydrogens is 388 g/mol. The molecule has 0 radical (unpaired) electrons. The van der Waals surface area contributed by atoms with E-state index in [9.17, 15) is 19.2 Å². The van der Waals surface area contributed by atoms with Gasteiger partial charge in [0.1, 0.15) is 5.75 Å². The van der Waals surface area contributed by atoms with Crippen LogP contribution in [0.25, 0.3) is 0 Å². The second-order valence-electron chi connectivity index (χ2n) is 7.56. The number of benzene rings is 1. The lowest BCUT2D eigenvalue weighted by atomic mass is 9.85. The second kappa shape index (κ2) is 9.11. The van der Waals surface area contributed by atoms with Crippen LogP contribution >= 0.6 is 0 Å². The molecule has 0 spiro atoms. The number of aryl methyl sites for hydroxylation is 1. The summed E-state index contributed by atoms with van der Waals surface area (Å²) in [7, 11) is 1.50. The van der Waals surface area contributed by atoms with Crippen LogP contribution in [0, 0.1) is 18.8 Å². The van der Waals surface area contributed by atoms with E-state index in [1.165, 1.54) is 14.0 Å². The Balaban J connectivity index is 1.51. The number of allylic oxidation sites excluding steroid dienone is 2. The van der Waals surface area contributed by atoms with Crippen LogP contribution in [0.2, 0.25) is 0 Å². The molecule has 2 aliphatic rings. The number of hydrogen-bond donors (Lipinski definition) is 1. The molecule has 1 fully saturated rings. The summed E-state index contributed by atoms with van der Waals surface area (Å²) in [6.45, 7) is 3.30. The molecule has 0 unspecified atom stereocenters. The van der Waals surface area contributed by atoms with Crippen LogP contribution in [0.15, 0.2) is 30.4 Å². The second-order valence-corrected chi connectivity index (χ2v) is 7.56. The van der Waals surface area contributed by atoms with Crippen molar-refractivity contribution in [3.8, 4) is 5.75 Å². The Bertz CT molecular complexity index is 868. The number of nitrogens with one attached hydrogen (secondary N) is 1. The van der Waals surface area contributed by atoms with E-state index in [0.29, 0.717) is 24.3 Å². The fourth-order valence-electron chi connectivity index (χ4n) is 3.76. The number of carbonyl (C=O) groups is 4. The fourth-order valence-corrected chi connectivity index (χ4v) is 3.76. The summed E-state index contributed by atoms with van der Waals surface area (Å²) < 4.78 is 10.4. The highest BCUT2D eigenvalue weighted by atomic mass is 16.5. The number of fused-ring (bicyclic) bond motifs is 1. The maximum atomic E-state index is 12.4. The SMILES string of the molecule is COc1ccc(C)cc1NC(=O)[C@H](C)OC(=O)CCN1C(=O)[C@H]2CC=CC[C@H]2C1=O. The lowest BCUT2D eigenvalue weighted by Gasteiger charge is -2.17. The van der Waals surface area contributed by atoms with Crippen LogP contribution < -0.4 is 10.1 Å². The standard InChI is InChI=1S/C22H26N2O6/c1-13-8-9-18(29-3)17(12-13)23-20(26)14(2)30-19(25)10-11-24-21(27)15-6-4-5-7-16(15)22(24)28/h4-5,8-9,12,14-16H,6-7,10-11H2,1-3H3,(H,23,26)/t14-,15-,16+/m0/s1. The molecule has 3 atom stereocenters. The van der Waals surface area contributed by atoms with Gasteiger partial charge >= 0.3 is 5.97 Å². The quantitative estimate of drug-likeness (QED) is 0.417. The number of rotatable bonds is 7. The topological polar surface area (TPSA) is 102 Å². The summed E-state index contributed by atoms with van der Waals surface area (Å²) in [6, 6.07) is 5.34. The molecule has 1 aliphatic carbocycles. The third kappa shape index (κ3) is 4.53. The number of methoxy groups -OCH3 is 1. The summed E-state index contributed by atoms with van der Waals surface area (Å²) >= 11 is 0. The maximum Gasteiger partial charge on any atom is 0.308 e. The van der Waals surface area contributed by atoms with Crippen molar-refractivity contribution in [1.29, 1.82) is 0 Å². The molecule has 0 aromatic heterocycles. The van der Waals surface area contributed by atoms with Gasteiger partial charge in [0.05, 0.1) is 31.1 Å². The first-order valence-electron chi connectivity index (χ1n) is 9.97. The number of anilines is 1. The summed E-state index contributed by atoms with van der Waals surface area (Å²) in [5, 5.41) is 2.69. The van der Waals surface area contributed by atoms with E-state index >= 15 is 0 Å². The summed E-state index contributed by atoms with van der Waals surface area (Å²) in [5.41, 5.74) is 1.42. The molecule has 8 nitrogen and oxygen atoms in total. The molecule has 30 heavy (non-hydrogen) atoms. The van der Waals surface area contributed by atoms with E-state index in [4.69, 9.17) is 9.47 Å². The minimum Gasteiger partial charge on any atom is -0.495 e. The molecule has 1 saturated heterocycles. The number of imide groups is 1. The molecule has 1 aromatic carbocycles. The molecular formula is C22H26N2O6. The molecule has 1 N–H and O–H groups in total. The zero-order chi connectivity index (χ0) is 21.8. The number of likely N-dealkylation sites (tertiary alicyclic amines) is 1. The zero-order valence-electron chi connectivity index (χ0n) is 17.3. The van der Waals surface area contributed by atoms with Crippen LogP contribution in [0.1, 0.15) is 31.7 Å². The van der Waals surface area contributed by atoms with Crippen molar-refractivity contribution in [2.24, 2.45) is 11.8 Å². The van der Waals surface area contributed by atoms with E-state index in [-0.39, 0.29) is 36.6 Å². The highest BCUT2D eigenvalue weighted by Crippen LogP contribution is 2.35. The highest BCUT2D eigenvalue weighted by Gasteiger charge is 2.47. The molecule has 1 aliphatic heterocycles. The van der Waals surface area contributed by atoms with Crippen LogP contribution in [0.5, 0.6) is 5.75 Å². The Morgan fingerprint density at radius 2 is 1.80 bits per heavy atom. The molecule has 1 heterocycles. The van der Waals surface area contributed by atoms with Gasteiger partial charge in [-0.2, -0.15) is 0 Å². The monoisotopic (exact) mass is 414 g/mol. The fraction of sp³-hybridized carbons (Fsp3) is 0.455. The smallest absolute Gasteiger partial charge is 0.308 e. The molecule has 3 amide bonds.